The lowest BCUT2D eigenvalue weighted by Crippen LogP contribution is -2.04. The van der Waals surface area contributed by atoms with E-state index < -0.39 is 6.08 Å². The van der Waals surface area contributed by atoms with Gasteiger partial charge in [-0.1, -0.05) is 23.3 Å². The predicted octanol–water partition coefficient (Wildman–Crippen LogP) is 2.21. The molecule has 0 unspecified atom stereocenters. The third-order valence-corrected chi connectivity index (χ3v) is 2.09. The van der Waals surface area contributed by atoms with Crippen LogP contribution in [0, 0.1) is 0 Å². The summed E-state index contributed by atoms with van der Waals surface area (Å²) in [6, 6.07) is 9.33. The number of benzene rings is 1. The van der Waals surface area contributed by atoms with Crippen LogP contribution in [0.2, 0.25) is 0 Å². The molecule has 0 aliphatic rings. The summed E-state index contributed by atoms with van der Waals surface area (Å²) < 4.78 is 30.2. The van der Waals surface area contributed by atoms with Crippen molar-refractivity contribution in [3.8, 4) is 11.7 Å². The molecule has 1 aromatic heterocycles. The first-order chi connectivity index (χ1) is 8.77. The van der Waals surface area contributed by atoms with Crippen molar-refractivity contribution in [3.05, 3.63) is 42.5 Å². The van der Waals surface area contributed by atoms with Gasteiger partial charge in [0.15, 0.2) is 0 Å². The fraction of sp³-hybridized carbons (Fsp3) is 0.182. The Kier molecular flexibility index (Phi) is 3.95. The predicted molar refractivity (Wildman–Crippen MR) is 59.6 cm³/mol. The first-order valence-electron chi connectivity index (χ1n) is 5.25. The molecule has 0 spiro atoms. The number of aromatic nitrogens is 4. The first-order valence-corrected chi connectivity index (χ1v) is 5.25. The second-order valence-electron chi connectivity index (χ2n) is 3.34. The van der Waals surface area contributed by atoms with Gasteiger partial charge in [-0.15, -0.1) is 0 Å². The fourth-order valence-corrected chi connectivity index (χ4v) is 1.32. The maximum atomic E-state index is 11.8. The van der Waals surface area contributed by atoms with Gasteiger partial charge in [0.25, 0.3) is 6.08 Å². The van der Waals surface area contributed by atoms with E-state index in [0.29, 0.717) is 0 Å². The summed E-state index contributed by atoms with van der Waals surface area (Å²) in [4.78, 5) is 0. The molecule has 0 saturated carbocycles. The van der Waals surface area contributed by atoms with E-state index in [4.69, 9.17) is 4.74 Å². The molecule has 2 rings (SSSR count). The van der Waals surface area contributed by atoms with Crippen molar-refractivity contribution < 1.29 is 13.5 Å². The van der Waals surface area contributed by atoms with Crippen LogP contribution in [0.3, 0.4) is 0 Å². The molecule has 94 valence electrons. The molecule has 0 aliphatic carbocycles. The normalized spacial score (nSPS) is 10.1. The Morgan fingerprint density at radius 3 is 2.78 bits per heavy atom. The van der Waals surface area contributed by atoms with E-state index in [9.17, 15) is 8.78 Å². The van der Waals surface area contributed by atoms with Crippen molar-refractivity contribution in [1.29, 1.82) is 0 Å². The molecule has 0 aliphatic heterocycles. The molecule has 1 aromatic carbocycles. The molecule has 0 saturated heterocycles. The number of halogens is 2. The lowest BCUT2D eigenvalue weighted by Gasteiger charge is -2.04. The van der Waals surface area contributed by atoms with Crippen LogP contribution in [0.1, 0.15) is 6.42 Å². The highest BCUT2D eigenvalue weighted by molar-refractivity contribution is 5.31. The van der Waals surface area contributed by atoms with Gasteiger partial charge in [-0.2, -0.15) is 13.5 Å². The molecule has 0 radical (unpaired) electrons. The van der Waals surface area contributed by atoms with E-state index in [0.717, 1.165) is 11.8 Å². The van der Waals surface area contributed by atoms with Crippen LogP contribution in [0.4, 0.5) is 8.78 Å². The second kappa shape index (κ2) is 5.85. The zero-order valence-electron chi connectivity index (χ0n) is 9.33. The van der Waals surface area contributed by atoms with Gasteiger partial charge < -0.3 is 4.74 Å². The van der Waals surface area contributed by atoms with Crippen LogP contribution < -0.4 is 4.74 Å². The van der Waals surface area contributed by atoms with Crippen LogP contribution in [-0.4, -0.2) is 26.8 Å². The Morgan fingerprint density at radius 2 is 2.06 bits per heavy atom. The van der Waals surface area contributed by atoms with Crippen molar-refractivity contribution in [2.24, 2.45) is 0 Å². The summed E-state index contributed by atoms with van der Waals surface area (Å²) in [6.07, 6.45) is -0.832. The molecule has 2 aromatic rings. The molecule has 0 fully saturated rings. The van der Waals surface area contributed by atoms with Crippen molar-refractivity contribution in [2.45, 2.75) is 6.42 Å². The highest BCUT2D eigenvalue weighted by Crippen LogP contribution is 2.12. The third-order valence-electron chi connectivity index (χ3n) is 2.09. The van der Waals surface area contributed by atoms with Crippen LogP contribution in [0.5, 0.6) is 6.01 Å². The lowest BCUT2D eigenvalue weighted by molar-refractivity contribution is 0.287. The van der Waals surface area contributed by atoms with Crippen LogP contribution in [0.15, 0.2) is 42.5 Å². The number of hydrogen-bond donors (Lipinski definition) is 0. The minimum absolute atomic E-state index is 0.0878. The Hall–Kier alpha value is -2.31. The number of hydrogen-bond acceptors (Lipinski definition) is 4. The van der Waals surface area contributed by atoms with Crippen molar-refractivity contribution in [1.82, 2.24) is 20.2 Å². The summed E-state index contributed by atoms with van der Waals surface area (Å²) in [5.41, 5.74) is 0.740. The van der Waals surface area contributed by atoms with E-state index >= 15 is 0 Å². The van der Waals surface area contributed by atoms with Crippen molar-refractivity contribution in [2.75, 3.05) is 6.61 Å². The van der Waals surface area contributed by atoms with E-state index in [1.807, 2.05) is 30.3 Å². The molecule has 5 nitrogen and oxygen atoms in total. The standard InChI is InChI=1S/C11H10F2N4O/c12-10(13)7-4-8-18-11-14-15-16-17(11)9-5-2-1-3-6-9/h1-3,5-7H,4,8H2. The second-order valence-corrected chi connectivity index (χ2v) is 3.34. The minimum Gasteiger partial charge on any atom is -0.462 e. The fourth-order valence-electron chi connectivity index (χ4n) is 1.32. The van der Waals surface area contributed by atoms with Crippen LogP contribution in [0.25, 0.3) is 5.69 Å². The van der Waals surface area contributed by atoms with Crippen LogP contribution >= 0.6 is 0 Å². The summed E-state index contributed by atoms with van der Waals surface area (Å²) in [7, 11) is 0. The van der Waals surface area contributed by atoms with Gasteiger partial charge >= 0.3 is 6.01 Å². The van der Waals surface area contributed by atoms with E-state index in [1.54, 1.807) is 0 Å². The number of para-hydroxylation sites is 1. The zero-order valence-corrected chi connectivity index (χ0v) is 9.33. The molecule has 0 amide bonds. The summed E-state index contributed by atoms with van der Waals surface area (Å²) in [5, 5.41) is 10.9. The Balaban J connectivity index is 2.03. The topological polar surface area (TPSA) is 52.8 Å². The monoisotopic (exact) mass is 252 g/mol. The molecule has 0 N–H and O–H groups in total. The highest BCUT2D eigenvalue weighted by atomic mass is 19.3. The van der Waals surface area contributed by atoms with Gasteiger partial charge in [0.05, 0.1) is 12.3 Å². The number of nitrogens with zero attached hydrogens (tertiary/aromatic N) is 4. The molecule has 1 heterocycles. The highest BCUT2D eigenvalue weighted by Gasteiger charge is 2.08. The Bertz CT molecular complexity index is 523. The van der Waals surface area contributed by atoms with E-state index in [2.05, 4.69) is 15.5 Å². The van der Waals surface area contributed by atoms with Gasteiger partial charge in [0.2, 0.25) is 0 Å². The quantitative estimate of drug-likeness (QED) is 0.765. The molecular formula is C11H10F2N4O. The smallest absolute Gasteiger partial charge is 0.340 e. The molecule has 0 bridgehead atoms. The summed E-state index contributed by atoms with van der Waals surface area (Å²) >= 11 is 0. The summed E-state index contributed by atoms with van der Waals surface area (Å²) in [6.45, 7) is 0.0878. The zero-order chi connectivity index (χ0) is 12.8. The van der Waals surface area contributed by atoms with Gasteiger partial charge in [-0.05, 0) is 28.6 Å². The average molecular weight is 252 g/mol. The van der Waals surface area contributed by atoms with Crippen molar-refractivity contribution in [3.63, 3.8) is 0 Å². The largest absolute Gasteiger partial charge is 0.462 e. The van der Waals surface area contributed by atoms with Crippen molar-refractivity contribution >= 4 is 0 Å². The molecule has 7 heteroatoms. The van der Waals surface area contributed by atoms with Gasteiger partial charge in [0.1, 0.15) is 0 Å². The third kappa shape index (κ3) is 3.09. The van der Waals surface area contributed by atoms with Crippen LogP contribution in [-0.2, 0) is 0 Å². The number of rotatable bonds is 5. The molecule has 0 atom stereocenters. The molecule has 18 heavy (non-hydrogen) atoms. The van der Waals surface area contributed by atoms with E-state index in [-0.39, 0.29) is 19.0 Å². The number of tetrazole rings is 1. The maximum Gasteiger partial charge on any atom is 0.340 e. The number of ether oxygens (including phenoxy) is 1. The SMILES string of the molecule is FC(F)=CCCOc1nnnn1-c1ccccc1. The van der Waals surface area contributed by atoms with Gasteiger partial charge in [0, 0.05) is 6.42 Å². The van der Waals surface area contributed by atoms with E-state index in [1.165, 1.54) is 4.68 Å². The summed E-state index contributed by atoms with van der Waals surface area (Å²) in [5.74, 6) is 0. The minimum atomic E-state index is -1.72. The molecular weight excluding hydrogens is 242 g/mol. The van der Waals surface area contributed by atoms with Gasteiger partial charge in [-0.25, -0.2) is 0 Å². The lowest BCUT2D eigenvalue weighted by atomic mass is 10.3. The maximum absolute atomic E-state index is 11.8. The Labute approximate surface area is 102 Å². The van der Waals surface area contributed by atoms with Gasteiger partial charge in [-0.3, -0.25) is 0 Å². The average Bonchev–Trinajstić information content (AvgIpc) is 2.84. The first kappa shape index (κ1) is 12.2. The Morgan fingerprint density at radius 1 is 1.28 bits per heavy atom.